The second kappa shape index (κ2) is 22.9. The van der Waals surface area contributed by atoms with E-state index in [-0.39, 0.29) is 52.5 Å². The van der Waals surface area contributed by atoms with Crippen LogP contribution in [0.15, 0.2) is 212 Å². The summed E-state index contributed by atoms with van der Waals surface area (Å²) in [5.41, 5.74) is 10.2. The van der Waals surface area contributed by atoms with Gasteiger partial charge in [-0.1, -0.05) is 102 Å². The molecule has 8 heteroatoms. The molecular weight excluding hydrogens is 801 g/mol. The van der Waals surface area contributed by atoms with Crippen molar-refractivity contribution < 1.29 is 38.2 Å². The van der Waals surface area contributed by atoms with Crippen molar-refractivity contribution in [1.82, 2.24) is 0 Å². The molecule has 0 aromatic heterocycles. The molecule has 0 radical (unpaired) electrons. The molecule has 0 fully saturated rings. The average Bonchev–Trinajstić information content (AvgIpc) is 3.26. The van der Waals surface area contributed by atoms with Crippen molar-refractivity contribution in [1.29, 1.82) is 0 Å². The fourth-order valence-electron chi connectivity index (χ4n) is 6.71. The van der Waals surface area contributed by atoms with Crippen LogP contribution in [0.3, 0.4) is 0 Å². The van der Waals surface area contributed by atoms with Gasteiger partial charge in [-0.3, -0.25) is 28.8 Å². The lowest BCUT2D eigenvalue weighted by atomic mass is 9.90. The van der Waals surface area contributed by atoms with Gasteiger partial charge in [0.2, 0.25) is 11.6 Å². The first-order chi connectivity index (χ1) is 30.3. The topological polar surface area (TPSA) is 121 Å². The van der Waals surface area contributed by atoms with E-state index in [0.717, 1.165) is 61.3 Å². The molecule has 8 nitrogen and oxygen atoms in total. The predicted molar refractivity (Wildman–Crippen MR) is 255 cm³/mol. The van der Waals surface area contributed by atoms with Crippen LogP contribution >= 0.6 is 0 Å². The number of hydrogen-bond donors (Lipinski definition) is 0. The van der Waals surface area contributed by atoms with Gasteiger partial charge >= 0.3 is 0 Å². The smallest absolute Gasteiger partial charge is 0.223 e. The summed E-state index contributed by atoms with van der Waals surface area (Å²) in [6.07, 6.45) is 39.9. The summed E-state index contributed by atoms with van der Waals surface area (Å²) in [6.45, 7) is 17.4. The van der Waals surface area contributed by atoms with Gasteiger partial charge in [0.1, 0.15) is 0 Å². The Balaban J connectivity index is 0.000000212. The normalized spacial score (nSPS) is 22.3. The first-order valence-electron chi connectivity index (χ1n) is 21.3. The molecule has 64 heavy (non-hydrogen) atoms. The van der Waals surface area contributed by atoms with Gasteiger partial charge in [0, 0.05) is 22.3 Å². The molecule has 0 atom stereocenters. The Morgan fingerprint density at radius 2 is 0.641 bits per heavy atom. The second-order valence-corrected chi connectivity index (χ2v) is 16.6. The zero-order valence-electron chi connectivity index (χ0n) is 38.7. The van der Waals surface area contributed by atoms with Crippen LogP contribution in [0.4, 0.5) is 0 Å². The van der Waals surface area contributed by atoms with E-state index in [4.69, 9.17) is 9.47 Å². The molecule has 0 unspecified atom stereocenters. The van der Waals surface area contributed by atoms with Gasteiger partial charge in [-0.15, -0.1) is 0 Å². The second-order valence-electron chi connectivity index (χ2n) is 16.6. The molecule has 0 saturated heterocycles. The minimum absolute atomic E-state index is 0.0555. The van der Waals surface area contributed by atoms with Gasteiger partial charge in [0.15, 0.2) is 34.7 Å². The minimum Gasteiger partial charge on any atom is -0.493 e. The van der Waals surface area contributed by atoms with Crippen molar-refractivity contribution in [2.24, 2.45) is 17.8 Å². The highest BCUT2D eigenvalue weighted by molar-refractivity contribution is 6.10. The molecule has 0 N–H and O–H groups in total. The average molecular weight is 859 g/mol. The molecule has 0 heterocycles. The summed E-state index contributed by atoms with van der Waals surface area (Å²) in [4.78, 5) is 70.2. The molecule has 0 aromatic carbocycles. The number of carbonyl (C=O) groups is 6. The van der Waals surface area contributed by atoms with Crippen molar-refractivity contribution >= 4 is 34.7 Å². The maximum Gasteiger partial charge on any atom is 0.223 e. The Labute approximate surface area is 378 Å². The van der Waals surface area contributed by atoms with Crippen LogP contribution in [0.2, 0.25) is 0 Å². The zero-order valence-corrected chi connectivity index (χ0v) is 38.7. The predicted octanol–water partition coefficient (Wildman–Crippen LogP) is 10.9. The Kier molecular flexibility index (Phi) is 17.7. The Morgan fingerprint density at radius 3 is 1.00 bits per heavy atom. The fourth-order valence-corrected chi connectivity index (χ4v) is 6.71. The van der Waals surface area contributed by atoms with Gasteiger partial charge in [0.05, 0.1) is 14.2 Å². The van der Waals surface area contributed by atoms with Gasteiger partial charge < -0.3 is 9.47 Å². The number of hydrogen-bond acceptors (Lipinski definition) is 8. The number of allylic oxidation sites excluding steroid dienone is 34. The zero-order chi connectivity index (χ0) is 47.2. The summed E-state index contributed by atoms with van der Waals surface area (Å²) < 4.78 is 10.3. The maximum atomic E-state index is 12.2. The van der Waals surface area contributed by atoms with Crippen LogP contribution in [-0.4, -0.2) is 48.9 Å². The first kappa shape index (κ1) is 49.6. The Bertz CT molecular complexity index is 2470. The van der Waals surface area contributed by atoms with Crippen LogP contribution < -0.4 is 0 Å². The largest absolute Gasteiger partial charge is 0.493 e. The highest BCUT2D eigenvalue weighted by Crippen LogP contribution is 2.27. The van der Waals surface area contributed by atoms with Crippen LogP contribution in [-0.2, 0) is 38.2 Å². The van der Waals surface area contributed by atoms with Crippen LogP contribution in [0, 0.1) is 17.8 Å². The van der Waals surface area contributed by atoms with E-state index in [1.165, 1.54) is 14.2 Å². The number of Topliss-reactive ketones (excluding diaryl/α,β-unsaturated/α-hetero) is 2. The standard InChI is InChI=1S/C20H22O4.2C18H18O2/c1-12(2)16-9-15(11-18(24-5)20(16)22)7-6-14-8-13(3)19(21)17(10-14)23-4;2*1-12(2)16-11-15(7-9-18(16)20)5-4-14-6-8-17(19)13(3)10-14/h6-12H,1-5H3;2*4-12H,1-3H3/b14-6-,15-7-;2*14-4+,15-5+. The number of methoxy groups -OCH3 is 2. The van der Waals surface area contributed by atoms with Gasteiger partial charge in [-0.25, -0.2) is 0 Å². The highest BCUT2D eigenvalue weighted by atomic mass is 16.5. The molecule has 0 saturated carbocycles. The van der Waals surface area contributed by atoms with E-state index in [2.05, 4.69) is 0 Å². The molecule has 6 aliphatic carbocycles. The Hall–Kier alpha value is -7.06. The number of rotatable bonds is 8. The lowest BCUT2D eigenvalue weighted by Crippen LogP contribution is -2.16. The summed E-state index contributed by atoms with van der Waals surface area (Å²) in [5.74, 6) is 1.33. The molecule has 0 bridgehead atoms. The molecule has 0 aromatic rings. The van der Waals surface area contributed by atoms with Crippen molar-refractivity contribution in [3.63, 3.8) is 0 Å². The van der Waals surface area contributed by atoms with Crippen LogP contribution in [0.5, 0.6) is 0 Å². The molecule has 0 amide bonds. The van der Waals surface area contributed by atoms with E-state index >= 15 is 0 Å². The van der Waals surface area contributed by atoms with Gasteiger partial charge in [-0.05, 0) is 156 Å². The van der Waals surface area contributed by atoms with E-state index in [9.17, 15) is 28.8 Å². The Morgan fingerprint density at radius 1 is 0.344 bits per heavy atom. The van der Waals surface area contributed by atoms with E-state index in [1.54, 1.807) is 55.5 Å². The number of ether oxygens (including phenoxy) is 2. The minimum atomic E-state index is -0.103. The van der Waals surface area contributed by atoms with Gasteiger partial charge in [0.25, 0.3) is 0 Å². The quantitative estimate of drug-likeness (QED) is 0.237. The molecular formula is C56H58O8. The van der Waals surface area contributed by atoms with Crippen molar-refractivity contribution in [3.8, 4) is 0 Å². The third-order valence-electron chi connectivity index (χ3n) is 10.5. The SMILES string of the molecule is CC1=C/C(=C/C=C2\C=CC(=O)C(C(C)C)=C2)C=CC1=O.CC1=C/C(=C/C=C2\C=CC(=O)C(C(C)C)=C2)C=CC1=O.COC1=C/C(=C\C=C2/C=C(OC)C(=O)C(C(C)C)=C2)C=C(C)C1=O. The van der Waals surface area contributed by atoms with E-state index in [0.29, 0.717) is 17.1 Å². The number of ketones is 6. The monoisotopic (exact) mass is 858 g/mol. The molecule has 6 rings (SSSR count). The van der Waals surface area contributed by atoms with Crippen molar-refractivity contribution in [3.05, 3.63) is 212 Å². The molecule has 6 aliphatic rings. The van der Waals surface area contributed by atoms with E-state index < -0.39 is 0 Å². The highest BCUT2D eigenvalue weighted by Gasteiger charge is 2.23. The van der Waals surface area contributed by atoms with Crippen LogP contribution in [0.25, 0.3) is 0 Å². The summed E-state index contributed by atoms with van der Waals surface area (Å²) in [5, 5.41) is 0. The first-order valence-corrected chi connectivity index (χ1v) is 21.3. The van der Waals surface area contributed by atoms with E-state index in [1.807, 2.05) is 140 Å². The van der Waals surface area contributed by atoms with Crippen molar-refractivity contribution in [2.75, 3.05) is 14.2 Å². The van der Waals surface area contributed by atoms with Gasteiger partial charge in [-0.2, -0.15) is 0 Å². The van der Waals surface area contributed by atoms with Crippen molar-refractivity contribution in [2.45, 2.75) is 62.3 Å². The lowest BCUT2D eigenvalue weighted by Gasteiger charge is -2.17. The third kappa shape index (κ3) is 13.7. The lowest BCUT2D eigenvalue weighted by molar-refractivity contribution is -0.116. The summed E-state index contributed by atoms with van der Waals surface area (Å²) in [7, 11) is 2.98. The van der Waals surface area contributed by atoms with Crippen LogP contribution in [0.1, 0.15) is 62.3 Å². The molecule has 0 spiro atoms. The molecule has 330 valence electrons. The number of carbonyl (C=O) groups excluding carboxylic acids is 6. The third-order valence-corrected chi connectivity index (χ3v) is 10.5. The molecule has 0 aliphatic heterocycles. The summed E-state index contributed by atoms with van der Waals surface area (Å²) >= 11 is 0. The summed E-state index contributed by atoms with van der Waals surface area (Å²) in [6, 6.07) is 0. The maximum absolute atomic E-state index is 12.2. The fraction of sp³-hybridized carbons (Fsp3) is 0.250.